The Balaban J connectivity index is 2.27. The van der Waals surface area contributed by atoms with Crippen molar-refractivity contribution >= 4 is 11.6 Å². The fourth-order valence-corrected chi connectivity index (χ4v) is 1.73. The zero-order chi connectivity index (χ0) is 13.1. The number of para-hydroxylation sites is 1. The minimum Gasteiger partial charge on any atom is -0.320 e. The van der Waals surface area contributed by atoms with E-state index >= 15 is 0 Å². The van der Waals surface area contributed by atoms with Crippen molar-refractivity contribution in [2.24, 2.45) is 7.05 Å². The monoisotopic (exact) mass is 239 g/mol. The maximum absolute atomic E-state index is 12.1. The number of aromatic nitrogens is 2. The Morgan fingerprint density at radius 1 is 1.44 bits per heavy atom. The van der Waals surface area contributed by atoms with E-state index in [0.29, 0.717) is 16.9 Å². The summed E-state index contributed by atoms with van der Waals surface area (Å²) in [6.07, 6.45) is 5.38. The standard InChI is InChI=1S/C14H13N3O/c1-4-11-7-5-6-8-12(11)15-14(18)13-9-10(2)16-17(13)3/h1,5-9H,2-3H3,(H,15,18). The Bertz CT molecular complexity index is 635. The molecule has 0 saturated heterocycles. The van der Waals surface area contributed by atoms with Gasteiger partial charge >= 0.3 is 0 Å². The van der Waals surface area contributed by atoms with Crippen molar-refractivity contribution in [3.63, 3.8) is 0 Å². The van der Waals surface area contributed by atoms with Crippen LogP contribution in [0.15, 0.2) is 30.3 Å². The molecule has 0 saturated carbocycles. The molecular formula is C14H13N3O. The first-order chi connectivity index (χ1) is 8.61. The predicted octanol–water partition coefficient (Wildman–Crippen LogP) is 1.96. The van der Waals surface area contributed by atoms with Gasteiger partial charge < -0.3 is 5.32 Å². The molecule has 2 rings (SSSR count). The molecule has 1 aromatic carbocycles. The Labute approximate surface area is 106 Å². The highest BCUT2D eigenvalue weighted by atomic mass is 16.2. The lowest BCUT2D eigenvalue weighted by molar-refractivity contribution is 0.101. The summed E-state index contributed by atoms with van der Waals surface area (Å²) in [5.41, 5.74) is 2.58. The van der Waals surface area contributed by atoms with Gasteiger partial charge in [-0.2, -0.15) is 5.10 Å². The molecular weight excluding hydrogens is 226 g/mol. The van der Waals surface area contributed by atoms with Crippen LogP contribution in [0.1, 0.15) is 21.7 Å². The molecule has 0 aliphatic rings. The van der Waals surface area contributed by atoms with Gasteiger partial charge in [0.15, 0.2) is 0 Å². The normalized spacial score (nSPS) is 9.83. The van der Waals surface area contributed by atoms with Crippen LogP contribution in [0.2, 0.25) is 0 Å². The predicted molar refractivity (Wildman–Crippen MR) is 70.3 cm³/mol. The molecule has 1 heterocycles. The number of carbonyl (C=O) groups is 1. The van der Waals surface area contributed by atoms with Gasteiger partial charge in [-0.05, 0) is 25.1 Å². The van der Waals surface area contributed by atoms with E-state index in [4.69, 9.17) is 6.42 Å². The quantitative estimate of drug-likeness (QED) is 0.814. The SMILES string of the molecule is C#Cc1ccccc1NC(=O)c1cc(C)nn1C. The first-order valence-corrected chi connectivity index (χ1v) is 5.49. The molecule has 1 amide bonds. The number of anilines is 1. The molecule has 18 heavy (non-hydrogen) atoms. The molecule has 0 unspecified atom stereocenters. The fraction of sp³-hybridized carbons (Fsp3) is 0.143. The molecule has 0 aliphatic heterocycles. The van der Waals surface area contributed by atoms with E-state index in [1.165, 1.54) is 0 Å². The molecule has 0 radical (unpaired) electrons. The number of hydrogen-bond donors (Lipinski definition) is 1. The highest BCUT2D eigenvalue weighted by Gasteiger charge is 2.12. The summed E-state index contributed by atoms with van der Waals surface area (Å²) in [7, 11) is 1.73. The number of nitrogens with one attached hydrogen (secondary N) is 1. The Morgan fingerprint density at radius 3 is 2.78 bits per heavy atom. The summed E-state index contributed by atoms with van der Waals surface area (Å²) < 4.78 is 1.54. The first kappa shape index (κ1) is 11.9. The molecule has 90 valence electrons. The number of hydrogen-bond acceptors (Lipinski definition) is 2. The van der Waals surface area contributed by atoms with Crippen molar-refractivity contribution in [3.05, 3.63) is 47.3 Å². The lowest BCUT2D eigenvalue weighted by Crippen LogP contribution is -2.16. The third kappa shape index (κ3) is 2.25. The van der Waals surface area contributed by atoms with Gasteiger partial charge in [-0.25, -0.2) is 0 Å². The lowest BCUT2D eigenvalue weighted by atomic mass is 10.2. The molecule has 1 N–H and O–H groups in total. The average Bonchev–Trinajstić information content (AvgIpc) is 2.69. The maximum atomic E-state index is 12.1. The zero-order valence-corrected chi connectivity index (χ0v) is 10.3. The third-order valence-corrected chi connectivity index (χ3v) is 2.57. The molecule has 0 aliphatic carbocycles. The van der Waals surface area contributed by atoms with E-state index in [1.807, 2.05) is 19.1 Å². The van der Waals surface area contributed by atoms with Crippen LogP contribution in [-0.2, 0) is 7.05 Å². The number of rotatable bonds is 2. The smallest absolute Gasteiger partial charge is 0.273 e. The van der Waals surface area contributed by atoms with Gasteiger partial charge in [0.25, 0.3) is 5.91 Å². The van der Waals surface area contributed by atoms with Crippen LogP contribution in [0, 0.1) is 19.3 Å². The minimum atomic E-state index is -0.221. The van der Waals surface area contributed by atoms with E-state index in [9.17, 15) is 4.79 Å². The van der Waals surface area contributed by atoms with Gasteiger partial charge in [-0.3, -0.25) is 9.48 Å². The topological polar surface area (TPSA) is 46.9 Å². The van der Waals surface area contributed by atoms with Crippen molar-refractivity contribution in [3.8, 4) is 12.3 Å². The second kappa shape index (κ2) is 4.76. The van der Waals surface area contributed by atoms with E-state index in [-0.39, 0.29) is 5.91 Å². The highest BCUT2D eigenvalue weighted by Crippen LogP contribution is 2.15. The van der Waals surface area contributed by atoms with Crippen LogP contribution in [-0.4, -0.2) is 15.7 Å². The van der Waals surface area contributed by atoms with Crippen molar-refractivity contribution < 1.29 is 4.79 Å². The van der Waals surface area contributed by atoms with Gasteiger partial charge in [0, 0.05) is 12.6 Å². The molecule has 4 nitrogen and oxygen atoms in total. The van der Waals surface area contributed by atoms with Crippen LogP contribution in [0.4, 0.5) is 5.69 Å². The fourth-order valence-electron chi connectivity index (χ4n) is 1.73. The average molecular weight is 239 g/mol. The summed E-state index contributed by atoms with van der Waals surface area (Å²) in [6.45, 7) is 1.84. The molecule has 0 spiro atoms. The third-order valence-electron chi connectivity index (χ3n) is 2.57. The summed E-state index contributed by atoms with van der Waals surface area (Å²) >= 11 is 0. The number of nitrogens with zero attached hydrogens (tertiary/aromatic N) is 2. The van der Waals surface area contributed by atoms with Crippen molar-refractivity contribution in [1.29, 1.82) is 0 Å². The van der Waals surface area contributed by atoms with Crippen LogP contribution >= 0.6 is 0 Å². The second-order valence-corrected chi connectivity index (χ2v) is 3.94. The maximum Gasteiger partial charge on any atom is 0.273 e. The number of aryl methyl sites for hydroxylation is 2. The van der Waals surface area contributed by atoms with Crippen LogP contribution < -0.4 is 5.32 Å². The van der Waals surface area contributed by atoms with E-state index < -0.39 is 0 Å². The van der Waals surface area contributed by atoms with E-state index in [1.54, 1.807) is 29.9 Å². The van der Waals surface area contributed by atoms with Gasteiger partial charge in [-0.1, -0.05) is 18.1 Å². The highest BCUT2D eigenvalue weighted by molar-refractivity contribution is 6.03. The number of terminal acetylenes is 1. The number of benzene rings is 1. The largest absolute Gasteiger partial charge is 0.320 e. The summed E-state index contributed by atoms with van der Waals surface area (Å²) in [6, 6.07) is 8.94. The van der Waals surface area contributed by atoms with Crippen LogP contribution in [0.5, 0.6) is 0 Å². The minimum absolute atomic E-state index is 0.221. The summed E-state index contributed by atoms with van der Waals surface area (Å²) in [5, 5.41) is 6.92. The van der Waals surface area contributed by atoms with E-state index in [2.05, 4.69) is 16.3 Å². The Morgan fingerprint density at radius 2 is 2.17 bits per heavy atom. The van der Waals surface area contributed by atoms with Gasteiger partial charge in [0.1, 0.15) is 5.69 Å². The van der Waals surface area contributed by atoms with Gasteiger partial charge in [0.2, 0.25) is 0 Å². The lowest BCUT2D eigenvalue weighted by Gasteiger charge is -2.07. The Hall–Kier alpha value is -2.54. The zero-order valence-electron chi connectivity index (χ0n) is 10.3. The van der Waals surface area contributed by atoms with Gasteiger partial charge in [0.05, 0.1) is 11.4 Å². The number of amides is 1. The van der Waals surface area contributed by atoms with Crippen molar-refractivity contribution in [2.75, 3.05) is 5.32 Å². The molecule has 0 bridgehead atoms. The molecule has 4 heteroatoms. The summed E-state index contributed by atoms with van der Waals surface area (Å²) in [5.74, 6) is 2.31. The van der Waals surface area contributed by atoms with Crippen LogP contribution in [0.25, 0.3) is 0 Å². The van der Waals surface area contributed by atoms with Crippen molar-refractivity contribution in [2.45, 2.75) is 6.92 Å². The second-order valence-electron chi connectivity index (χ2n) is 3.94. The molecule has 0 atom stereocenters. The molecule has 0 fully saturated rings. The molecule has 1 aromatic heterocycles. The molecule has 2 aromatic rings. The Kier molecular flexibility index (Phi) is 3.16. The van der Waals surface area contributed by atoms with Crippen LogP contribution in [0.3, 0.4) is 0 Å². The first-order valence-electron chi connectivity index (χ1n) is 5.49. The van der Waals surface area contributed by atoms with Crippen molar-refractivity contribution in [1.82, 2.24) is 9.78 Å². The van der Waals surface area contributed by atoms with E-state index in [0.717, 1.165) is 5.69 Å². The number of carbonyl (C=O) groups excluding carboxylic acids is 1. The van der Waals surface area contributed by atoms with Gasteiger partial charge in [-0.15, -0.1) is 6.42 Å². The summed E-state index contributed by atoms with van der Waals surface area (Å²) in [4.78, 5) is 12.1.